The van der Waals surface area contributed by atoms with E-state index in [9.17, 15) is 0 Å². The lowest BCUT2D eigenvalue weighted by molar-refractivity contribution is 0.702. The molecule has 45 heavy (non-hydrogen) atoms. The molecule has 0 fully saturated rings. The van der Waals surface area contributed by atoms with Crippen LogP contribution in [0.25, 0.3) is 22.3 Å². The lowest BCUT2D eigenvalue weighted by Crippen LogP contribution is -2.43. The second kappa shape index (κ2) is 7.96. The number of pyridine rings is 4. The summed E-state index contributed by atoms with van der Waals surface area (Å²) in [6.07, 6.45) is 15.9. The molecule has 0 amide bonds. The number of anilines is 3. The molecule has 6 heterocycles. The molecule has 5 nitrogen and oxygen atoms in total. The number of nitrogens with zero attached hydrogens (tertiary/aromatic N) is 5. The number of fused-ring (bicyclic) bond motifs is 18. The quantitative estimate of drug-likeness (QED) is 0.184. The van der Waals surface area contributed by atoms with Crippen molar-refractivity contribution in [2.24, 2.45) is 0 Å². The van der Waals surface area contributed by atoms with E-state index in [0.29, 0.717) is 0 Å². The van der Waals surface area contributed by atoms with Crippen LogP contribution in [-0.2, 0) is 10.8 Å². The summed E-state index contributed by atoms with van der Waals surface area (Å²) in [7, 11) is 0. The Morgan fingerprint density at radius 1 is 0.356 bits per heavy atom. The van der Waals surface area contributed by atoms with Crippen LogP contribution in [0.15, 0.2) is 141 Å². The summed E-state index contributed by atoms with van der Waals surface area (Å²) in [5, 5.41) is 0. The molecule has 0 atom stereocenters. The van der Waals surface area contributed by atoms with Crippen LogP contribution < -0.4 is 4.90 Å². The summed E-state index contributed by atoms with van der Waals surface area (Å²) in [6, 6.07) is 33.3. The minimum absolute atomic E-state index is 0.590. The summed E-state index contributed by atoms with van der Waals surface area (Å²) < 4.78 is 0. The Labute approximate surface area is 259 Å². The van der Waals surface area contributed by atoms with Crippen molar-refractivity contribution >= 4 is 17.1 Å². The monoisotopic (exact) mass is 573 g/mol. The van der Waals surface area contributed by atoms with Crippen LogP contribution in [0.5, 0.6) is 0 Å². The Kier molecular flexibility index (Phi) is 4.16. The van der Waals surface area contributed by atoms with Gasteiger partial charge in [-0.25, -0.2) is 0 Å². The third kappa shape index (κ3) is 2.45. The molecular formula is C40H23N5. The van der Waals surface area contributed by atoms with Crippen molar-refractivity contribution < 1.29 is 0 Å². The first-order valence-electron chi connectivity index (χ1n) is 15.3. The molecule has 3 aromatic carbocycles. The molecule has 208 valence electrons. The van der Waals surface area contributed by atoms with Gasteiger partial charge in [-0.2, -0.15) is 0 Å². The van der Waals surface area contributed by atoms with E-state index in [0.717, 1.165) is 0 Å². The summed E-state index contributed by atoms with van der Waals surface area (Å²) in [4.78, 5) is 21.4. The van der Waals surface area contributed by atoms with Gasteiger partial charge in [0.05, 0.1) is 27.9 Å². The zero-order valence-corrected chi connectivity index (χ0v) is 24.0. The Hall–Kier alpha value is -5.94. The minimum Gasteiger partial charge on any atom is -0.309 e. The molecule has 0 N–H and O–H groups in total. The van der Waals surface area contributed by atoms with Crippen molar-refractivity contribution in [3.05, 3.63) is 185 Å². The van der Waals surface area contributed by atoms with Crippen LogP contribution in [0, 0.1) is 0 Å². The third-order valence-electron chi connectivity index (χ3n) is 10.6. The Morgan fingerprint density at radius 2 is 0.711 bits per heavy atom. The van der Waals surface area contributed by atoms with E-state index in [1.165, 1.54) is 83.8 Å². The maximum absolute atomic E-state index is 4.73. The van der Waals surface area contributed by atoms with Crippen LogP contribution >= 0.6 is 0 Å². The number of hydrogen-bond donors (Lipinski definition) is 0. The van der Waals surface area contributed by atoms with Gasteiger partial charge >= 0.3 is 0 Å². The van der Waals surface area contributed by atoms with E-state index < -0.39 is 10.8 Å². The molecular weight excluding hydrogens is 550 g/mol. The van der Waals surface area contributed by atoms with E-state index in [1.54, 1.807) is 0 Å². The molecule has 0 bridgehead atoms. The van der Waals surface area contributed by atoms with Gasteiger partial charge in [-0.3, -0.25) is 19.9 Å². The van der Waals surface area contributed by atoms with Crippen molar-refractivity contribution in [3.8, 4) is 22.3 Å². The summed E-state index contributed by atoms with van der Waals surface area (Å²) in [5.74, 6) is 0. The first-order valence-corrected chi connectivity index (χ1v) is 15.3. The van der Waals surface area contributed by atoms with E-state index >= 15 is 0 Å². The predicted molar refractivity (Wildman–Crippen MR) is 174 cm³/mol. The molecule has 4 aromatic heterocycles. The van der Waals surface area contributed by atoms with E-state index in [1.807, 2.05) is 24.8 Å². The lowest BCUT2D eigenvalue weighted by atomic mass is 9.59. The maximum atomic E-state index is 4.73. The second-order valence-electron chi connectivity index (χ2n) is 12.3. The second-order valence-corrected chi connectivity index (χ2v) is 12.3. The highest BCUT2D eigenvalue weighted by Gasteiger charge is 2.58. The fourth-order valence-electron chi connectivity index (χ4n) is 9.19. The molecule has 0 saturated carbocycles. The zero-order chi connectivity index (χ0) is 29.3. The van der Waals surface area contributed by atoms with Crippen molar-refractivity contribution in [2.45, 2.75) is 10.8 Å². The minimum atomic E-state index is -0.590. The van der Waals surface area contributed by atoms with Gasteiger partial charge < -0.3 is 4.90 Å². The molecule has 0 unspecified atom stereocenters. The molecule has 7 aromatic rings. The van der Waals surface area contributed by atoms with Gasteiger partial charge in [0.1, 0.15) is 0 Å². The van der Waals surface area contributed by atoms with Crippen LogP contribution in [0.1, 0.15) is 44.5 Å². The van der Waals surface area contributed by atoms with Crippen LogP contribution in [0.3, 0.4) is 0 Å². The number of hydrogen-bond acceptors (Lipinski definition) is 5. The van der Waals surface area contributed by atoms with E-state index in [4.69, 9.17) is 19.9 Å². The highest BCUT2D eigenvalue weighted by atomic mass is 15.2. The molecule has 2 aliphatic heterocycles. The highest BCUT2D eigenvalue weighted by Crippen LogP contribution is 2.69. The van der Waals surface area contributed by atoms with Crippen molar-refractivity contribution in [1.82, 2.24) is 19.9 Å². The Morgan fingerprint density at radius 3 is 1.11 bits per heavy atom. The predicted octanol–water partition coefficient (Wildman–Crippen LogP) is 8.09. The summed E-state index contributed by atoms with van der Waals surface area (Å²) >= 11 is 0. The topological polar surface area (TPSA) is 54.8 Å². The summed E-state index contributed by atoms with van der Waals surface area (Å²) in [6.45, 7) is 0. The van der Waals surface area contributed by atoms with Crippen LogP contribution in [0.4, 0.5) is 17.1 Å². The van der Waals surface area contributed by atoms with Crippen LogP contribution in [-0.4, -0.2) is 19.9 Å². The zero-order valence-electron chi connectivity index (χ0n) is 24.0. The first kappa shape index (κ1) is 23.5. The lowest BCUT2D eigenvalue weighted by Gasteiger charge is -2.51. The van der Waals surface area contributed by atoms with Gasteiger partial charge in [0.2, 0.25) is 0 Å². The molecule has 2 aliphatic carbocycles. The molecule has 0 saturated heterocycles. The van der Waals surface area contributed by atoms with Gasteiger partial charge in [-0.05, 0) is 103 Å². The Balaban J connectivity index is 1.38. The fourth-order valence-corrected chi connectivity index (χ4v) is 9.19. The summed E-state index contributed by atoms with van der Waals surface area (Å²) in [5.41, 5.74) is 16.9. The first-order chi connectivity index (χ1) is 22.4. The smallest absolute Gasteiger partial charge is 0.0784 e. The van der Waals surface area contributed by atoms with Gasteiger partial charge in [0.25, 0.3) is 0 Å². The average Bonchev–Trinajstić information content (AvgIpc) is 3.57. The van der Waals surface area contributed by atoms with Gasteiger partial charge in [0.15, 0.2) is 0 Å². The Bertz CT molecular complexity index is 2170. The third-order valence-corrected chi connectivity index (χ3v) is 10.6. The number of aromatic nitrogens is 4. The number of para-hydroxylation sites is 3. The molecule has 5 heteroatoms. The molecule has 2 spiro atoms. The highest BCUT2D eigenvalue weighted by molar-refractivity contribution is 6.02. The van der Waals surface area contributed by atoms with E-state index in [-0.39, 0.29) is 0 Å². The standard InChI is InChI=1S/C40H23N5/c1-3-10-36-28(6-1)39(32-20-41-16-12-24(32)25-13-17-42-21-33(25)39)30-8-5-9-31-38(30)45(36)37-11-4-2-7-29(37)40(31)34-22-43-18-14-26(34)27-15-19-44-23-35(27)40/h1-23H. The van der Waals surface area contributed by atoms with E-state index in [2.05, 4.69) is 121 Å². The molecule has 4 aliphatic rings. The maximum Gasteiger partial charge on any atom is 0.0784 e. The molecule has 0 radical (unpaired) electrons. The number of rotatable bonds is 0. The normalized spacial score (nSPS) is 15.9. The van der Waals surface area contributed by atoms with Crippen LogP contribution in [0.2, 0.25) is 0 Å². The van der Waals surface area contributed by atoms with Gasteiger partial charge in [0, 0.05) is 49.6 Å². The van der Waals surface area contributed by atoms with Gasteiger partial charge in [-0.1, -0.05) is 54.6 Å². The van der Waals surface area contributed by atoms with Crippen molar-refractivity contribution in [1.29, 1.82) is 0 Å². The van der Waals surface area contributed by atoms with Crippen molar-refractivity contribution in [2.75, 3.05) is 4.90 Å². The molecule has 11 rings (SSSR count). The van der Waals surface area contributed by atoms with Gasteiger partial charge in [-0.15, -0.1) is 0 Å². The largest absolute Gasteiger partial charge is 0.309 e. The number of benzene rings is 3. The average molecular weight is 574 g/mol. The van der Waals surface area contributed by atoms with Crippen molar-refractivity contribution in [3.63, 3.8) is 0 Å². The SMILES string of the molecule is c1ccc2c(c1)N1c3ccccc3C3(c4cnccc4-c4ccncc43)c3cccc(c31)C21c2cnccc2-c2ccncc21. The fraction of sp³-hybridized carbons (Fsp3) is 0.0500.